The number of hydrogen-bond donors (Lipinski definition) is 1. The third kappa shape index (κ3) is 3.31. The highest BCUT2D eigenvalue weighted by Gasteiger charge is 2.13. The van der Waals surface area contributed by atoms with Crippen molar-refractivity contribution >= 4 is 5.78 Å². The van der Waals surface area contributed by atoms with E-state index >= 15 is 0 Å². The van der Waals surface area contributed by atoms with E-state index in [1.54, 1.807) is 18.2 Å². The molecule has 0 radical (unpaired) electrons. The topological polar surface area (TPSA) is 49.8 Å². The number of aromatic hydroxyl groups is 1. The van der Waals surface area contributed by atoms with Gasteiger partial charge in [0.25, 0.3) is 0 Å². The smallest absolute Gasteiger partial charge is 0.159 e. The van der Waals surface area contributed by atoms with E-state index in [9.17, 15) is 9.90 Å². The van der Waals surface area contributed by atoms with Crippen molar-refractivity contribution in [2.24, 2.45) is 0 Å². The van der Waals surface area contributed by atoms with E-state index in [2.05, 4.69) is 4.90 Å². The maximum Gasteiger partial charge on any atom is 0.159 e. The lowest BCUT2D eigenvalue weighted by molar-refractivity contribution is 0.101. The minimum absolute atomic E-state index is 0.0236. The molecular weight excluding hydrogens is 230 g/mol. The van der Waals surface area contributed by atoms with Crippen LogP contribution in [0.25, 0.3) is 0 Å². The van der Waals surface area contributed by atoms with Crippen molar-refractivity contribution in [2.45, 2.75) is 19.9 Å². The highest BCUT2D eigenvalue weighted by atomic mass is 16.5. The SMILES string of the molecule is CC(=O)c1ccc(O)c(CN2CCCOCC2)c1. The lowest BCUT2D eigenvalue weighted by atomic mass is 10.1. The number of Topliss-reactive ketones (excluding diaryl/α,β-unsaturated/α-hetero) is 1. The van der Waals surface area contributed by atoms with E-state index in [1.807, 2.05) is 0 Å². The van der Waals surface area contributed by atoms with Gasteiger partial charge in [0.15, 0.2) is 5.78 Å². The molecule has 1 fully saturated rings. The Morgan fingerprint density at radius 3 is 3.00 bits per heavy atom. The summed E-state index contributed by atoms with van der Waals surface area (Å²) in [7, 11) is 0. The minimum atomic E-state index is 0.0236. The van der Waals surface area contributed by atoms with Gasteiger partial charge in [0.05, 0.1) is 6.61 Å². The number of phenolic OH excluding ortho intramolecular Hbond substituents is 1. The number of rotatable bonds is 3. The molecule has 1 saturated heterocycles. The number of benzene rings is 1. The predicted octanol–water partition coefficient (Wildman–Crippen LogP) is 1.82. The lowest BCUT2D eigenvalue weighted by Crippen LogP contribution is -2.25. The molecule has 0 spiro atoms. The van der Waals surface area contributed by atoms with Crippen molar-refractivity contribution < 1.29 is 14.6 Å². The summed E-state index contributed by atoms with van der Waals surface area (Å²) in [5, 5.41) is 9.85. The quantitative estimate of drug-likeness (QED) is 0.830. The molecule has 1 aliphatic heterocycles. The van der Waals surface area contributed by atoms with Gasteiger partial charge in [-0.3, -0.25) is 9.69 Å². The fourth-order valence-electron chi connectivity index (χ4n) is 2.13. The third-order valence-electron chi connectivity index (χ3n) is 3.19. The van der Waals surface area contributed by atoms with Crippen molar-refractivity contribution in [3.63, 3.8) is 0 Å². The zero-order chi connectivity index (χ0) is 13.0. The molecule has 0 amide bonds. The van der Waals surface area contributed by atoms with Crippen LogP contribution in [0.15, 0.2) is 18.2 Å². The second-order valence-corrected chi connectivity index (χ2v) is 4.64. The summed E-state index contributed by atoms with van der Waals surface area (Å²) in [6, 6.07) is 5.04. The average molecular weight is 249 g/mol. The zero-order valence-corrected chi connectivity index (χ0v) is 10.7. The van der Waals surface area contributed by atoms with Crippen LogP contribution >= 0.6 is 0 Å². The number of phenols is 1. The second kappa shape index (κ2) is 5.98. The Bertz CT molecular complexity index is 423. The first-order valence-electron chi connectivity index (χ1n) is 6.30. The molecule has 0 atom stereocenters. The molecule has 98 valence electrons. The molecule has 18 heavy (non-hydrogen) atoms. The van der Waals surface area contributed by atoms with Gasteiger partial charge in [-0.15, -0.1) is 0 Å². The van der Waals surface area contributed by atoms with E-state index in [0.717, 1.165) is 38.3 Å². The van der Waals surface area contributed by atoms with Gasteiger partial charge in [0.2, 0.25) is 0 Å². The highest BCUT2D eigenvalue weighted by molar-refractivity contribution is 5.94. The summed E-state index contributed by atoms with van der Waals surface area (Å²) >= 11 is 0. The van der Waals surface area contributed by atoms with Crippen LogP contribution in [0.1, 0.15) is 29.3 Å². The maximum absolute atomic E-state index is 11.3. The Hall–Kier alpha value is -1.39. The summed E-state index contributed by atoms with van der Waals surface area (Å²) in [6.07, 6.45) is 1.01. The monoisotopic (exact) mass is 249 g/mol. The summed E-state index contributed by atoms with van der Waals surface area (Å²) in [6.45, 7) is 5.56. The van der Waals surface area contributed by atoms with Gasteiger partial charge in [-0.25, -0.2) is 0 Å². The molecule has 4 nitrogen and oxygen atoms in total. The Labute approximate surface area is 107 Å². The predicted molar refractivity (Wildman–Crippen MR) is 68.8 cm³/mol. The molecule has 0 aliphatic carbocycles. The van der Waals surface area contributed by atoms with Gasteiger partial charge in [0, 0.05) is 37.4 Å². The number of nitrogens with zero attached hydrogens (tertiary/aromatic N) is 1. The molecule has 1 N–H and O–H groups in total. The number of ketones is 1. The van der Waals surface area contributed by atoms with E-state index in [-0.39, 0.29) is 11.5 Å². The maximum atomic E-state index is 11.3. The van der Waals surface area contributed by atoms with E-state index in [4.69, 9.17) is 4.74 Å². The second-order valence-electron chi connectivity index (χ2n) is 4.64. The van der Waals surface area contributed by atoms with Gasteiger partial charge in [-0.2, -0.15) is 0 Å². The van der Waals surface area contributed by atoms with Crippen molar-refractivity contribution in [2.75, 3.05) is 26.3 Å². The van der Waals surface area contributed by atoms with Crippen molar-refractivity contribution in [3.05, 3.63) is 29.3 Å². The first kappa shape index (κ1) is 13.1. The standard InChI is InChI=1S/C14H19NO3/c1-11(16)12-3-4-14(17)13(9-12)10-15-5-2-7-18-8-6-15/h3-4,9,17H,2,5-8,10H2,1H3. The molecular formula is C14H19NO3. The molecule has 0 bridgehead atoms. The first-order valence-corrected chi connectivity index (χ1v) is 6.30. The Morgan fingerprint density at radius 1 is 1.39 bits per heavy atom. The molecule has 2 rings (SSSR count). The number of carbonyl (C=O) groups excluding carboxylic acids is 1. The van der Waals surface area contributed by atoms with Crippen LogP contribution in [-0.2, 0) is 11.3 Å². The van der Waals surface area contributed by atoms with E-state index < -0.39 is 0 Å². The van der Waals surface area contributed by atoms with Gasteiger partial charge in [-0.05, 0) is 31.5 Å². The van der Waals surface area contributed by atoms with Crippen LogP contribution in [0.3, 0.4) is 0 Å². The van der Waals surface area contributed by atoms with Gasteiger partial charge in [0.1, 0.15) is 5.75 Å². The lowest BCUT2D eigenvalue weighted by Gasteiger charge is -2.19. The van der Waals surface area contributed by atoms with Crippen LogP contribution < -0.4 is 0 Å². The van der Waals surface area contributed by atoms with Gasteiger partial charge < -0.3 is 9.84 Å². The van der Waals surface area contributed by atoms with Crippen LogP contribution in [0.5, 0.6) is 5.75 Å². The summed E-state index contributed by atoms with van der Waals surface area (Å²) in [5.41, 5.74) is 1.46. The molecule has 0 unspecified atom stereocenters. The van der Waals surface area contributed by atoms with Crippen molar-refractivity contribution in [1.29, 1.82) is 0 Å². The summed E-state index contributed by atoms with van der Waals surface area (Å²) in [4.78, 5) is 13.6. The summed E-state index contributed by atoms with van der Waals surface area (Å²) in [5.74, 6) is 0.278. The van der Waals surface area contributed by atoms with Crippen molar-refractivity contribution in [1.82, 2.24) is 4.90 Å². The van der Waals surface area contributed by atoms with Crippen LogP contribution in [-0.4, -0.2) is 42.1 Å². The number of hydrogen-bond acceptors (Lipinski definition) is 4. The molecule has 4 heteroatoms. The van der Waals surface area contributed by atoms with E-state index in [1.165, 1.54) is 6.92 Å². The molecule has 1 aliphatic rings. The van der Waals surface area contributed by atoms with Crippen LogP contribution in [0, 0.1) is 0 Å². The van der Waals surface area contributed by atoms with Crippen LogP contribution in [0.2, 0.25) is 0 Å². The van der Waals surface area contributed by atoms with Gasteiger partial charge >= 0.3 is 0 Å². The molecule has 1 aromatic carbocycles. The average Bonchev–Trinajstić information content (AvgIpc) is 2.60. The molecule has 0 saturated carbocycles. The van der Waals surface area contributed by atoms with Crippen LogP contribution in [0.4, 0.5) is 0 Å². The van der Waals surface area contributed by atoms with Gasteiger partial charge in [-0.1, -0.05) is 0 Å². The number of carbonyl (C=O) groups is 1. The van der Waals surface area contributed by atoms with E-state index in [0.29, 0.717) is 12.1 Å². The molecule has 0 aromatic heterocycles. The summed E-state index contributed by atoms with van der Waals surface area (Å²) < 4.78 is 5.40. The third-order valence-corrected chi connectivity index (χ3v) is 3.19. The zero-order valence-electron chi connectivity index (χ0n) is 10.7. The normalized spacial score (nSPS) is 17.4. The Morgan fingerprint density at radius 2 is 2.22 bits per heavy atom. The minimum Gasteiger partial charge on any atom is -0.508 e. The number of ether oxygens (including phenoxy) is 1. The Balaban J connectivity index is 2.11. The fourth-order valence-corrected chi connectivity index (χ4v) is 2.13. The van der Waals surface area contributed by atoms with Crippen molar-refractivity contribution in [3.8, 4) is 5.75 Å². The molecule has 1 heterocycles. The first-order chi connectivity index (χ1) is 8.66. The highest BCUT2D eigenvalue weighted by Crippen LogP contribution is 2.21. The largest absolute Gasteiger partial charge is 0.508 e. The Kier molecular flexibility index (Phi) is 4.33. The fraction of sp³-hybridized carbons (Fsp3) is 0.500. The molecule has 1 aromatic rings.